The van der Waals surface area contributed by atoms with E-state index in [-0.39, 0.29) is 25.2 Å². The van der Waals surface area contributed by atoms with Crippen molar-refractivity contribution in [3.8, 4) is 11.8 Å². The smallest absolute Gasteiger partial charge is 0.329 e. The molecule has 0 aromatic heterocycles. The third-order valence-corrected chi connectivity index (χ3v) is 5.17. The first-order chi connectivity index (χ1) is 17.7. The van der Waals surface area contributed by atoms with Gasteiger partial charge in [0.05, 0.1) is 0 Å². The van der Waals surface area contributed by atoms with Crippen molar-refractivity contribution in [3.63, 3.8) is 0 Å². The number of nitrogens with two attached hydrogens (primary N) is 1. The van der Waals surface area contributed by atoms with E-state index >= 15 is 0 Å². The largest absolute Gasteiger partial charge is 0.458 e. The van der Waals surface area contributed by atoms with Crippen LogP contribution in [0.5, 0.6) is 0 Å². The summed E-state index contributed by atoms with van der Waals surface area (Å²) in [5.74, 6) is 1.73. The van der Waals surface area contributed by atoms with Crippen LogP contribution >= 0.6 is 0 Å². The van der Waals surface area contributed by atoms with Crippen molar-refractivity contribution in [2.45, 2.75) is 91.0 Å². The number of hydrogen-bond acceptors (Lipinski definition) is 6. The maximum atomic E-state index is 13.4. The zero-order valence-corrected chi connectivity index (χ0v) is 23.1. The minimum absolute atomic E-state index is 0.0624. The molecule has 0 spiro atoms. The molecule has 3 atom stereocenters. The number of nitrogens with one attached hydrogen (secondary N) is 3. The van der Waals surface area contributed by atoms with Crippen LogP contribution in [-0.4, -0.2) is 53.3 Å². The molecule has 0 aliphatic carbocycles. The second-order valence-corrected chi connectivity index (χ2v) is 10.4. The molecule has 38 heavy (non-hydrogen) atoms. The molecule has 0 heterocycles. The van der Waals surface area contributed by atoms with Gasteiger partial charge in [-0.25, -0.2) is 4.79 Å². The van der Waals surface area contributed by atoms with Crippen molar-refractivity contribution >= 4 is 29.6 Å². The first kappa shape index (κ1) is 32.2. The van der Waals surface area contributed by atoms with Crippen LogP contribution in [0.3, 0.4) is 0 Å². The van der Waals surface area contributed by atoms with Gasteiger partial charge in [0, 0.05) is 12.8 Å². The van der Waals surface area contributed by atoms with Gasteiger partial charge in [0.2, 0.25) is 17.7 Å². The van der Waals surface area contributed by atoms with Crippen LogP contribution in [0, 0.1) is 17.8 Å². The van der Waals surface area contributed by atoms with E-state index in [1.807, 2.05) is 19.9 Å². The predicted molar refractivity (Wildman–Crippen MR) is 143 cm³/mol. The van der Waals surface area contributed by atoms with Crippen molar-refractivity contribution in [2.24, 2.45) is 11.7 Å². The quantitative estimate of drug-likeness (QED) is 0.224. The summed E-state index contributed by atoms with van der Waals surface area (Å²) in [6.45, 7) is 10.4. The Labute approximate surface area is 224 Å². The highest BCUT2D eigenvalue weighted by Gasteiger charge is 2.32. The fourth-order valence-corrected chi connectivity index (χ4v) is 3.52. The van der Waals surface area contributed by atoms with E-state index in [4.69, 9.17) is 10.5 Å². The number of ether oxygens (including phenoxy) is 1. The molecule has 0 bridgehead atoms. The van der Waals surface area contributed by atoms with E-state index in [9.17, 15) is 24.0 Å². The van der Waals surface area contributed by atoms with Crippen molar-refractivity contribution in [3.05, 3.63) is 35.9 Å². The highest BCUT2D eigenvalue weighted by Crippen LogP contribution is 2.12. The molecular weight excluding hydrogens is 488 g/mol. The van der Waals surface area contributed by atoms with Crippen LogP contribution in [0.1, 0.15) is 66.4 Å². The summed E-state index contributed by atoms with van der Waals surface area (Å²) in [4.78, 5) is 62.9. The van der Waals surface area contributed by atoms with Gasteiger partial charge in [-0.05, 0) is 57.9 Å². The van der Waals surface area contributed by atoms with E-state index in [1.165, 1.54) is 6.92 Å². The summed E-state index contributed by atoms with van der Waals surface area (Å²) in [6.07, 6.45) is 0.221. The molecule has 10 nitrogen and oxygen atoms in total. The maximum absolute atomic E-state index is 13.4. The first-order valence-electron chi connectivity index (χ1n) is 12.6. The Morgan fingerprint density at radius 2 is 1.50 bits per heavy atom. The number of carbonyl (C=O) groups is 5. The Hall–Kier alpha value is -3.87. The maximum Gasteiger partial charge on any atom is 0.329 e. The molecule has 0 aliphatic heterocycles. The summed E-state index contributed by atoms with van der Waals surface area (Å²) >= 11 is 0. The lowest BCUT2D eigenvalue weighted by Crippen LogP contribution is -2.57. The average molecular weight is 529 g/mol. The summed E-state index contributed by atoms with van der Waals surface area (Å²) in [7, 11) is 0. The lowest BCUT2D eigenvalue weighted by molar-refractivity contribution is -0.159. The van der Waals surface area contributed by atoms with E-state index in [1.54, 1.807) is 45.0 Å². The number of benzene rings is 1. The Morgan fingerprint density at radius 3 is 2.03 bits per heavy atom. The van der Waals surface area contributed by atoms with E-state index in [2.05, 4.69) is 27.8 Å². The van der Waals surface area contributed by atoms with Crippen molar-refractivity contribution in [1.29, 1.82) is 0 Å². The van der Waals surface area contributed by atoms with Gasteiger partial charge in [-0.15, -0.1) is 0 Å². The van der Waals surface area contributed by atoms with Crippen LogP contribution < -0.4 is 21.7 Å². The van der Waals surface area contributed by atoms with Crippen LogP contribution in [0.25, 0.3) is 0 Å². The molecule has 0 aliphatic rings. The zero-order valence-electron chi connectivity index (χ0n) is 23.1. The van der Waals surface area contributed by atoms with Crippen LogP contribution in [0.2, 0.25) is 0 Å². The molecule has 0 unspecified atom stereocenters. The van der Waals surface area contributed by atoms with Crippen LogP contribution in [0.15, 0.2) is 30.3 Å². The standard InChI is InChI=1S/C28H40N4O6/c1-7-11-24(34)30-21(16-18(2)3)25(35)32-22(17-19-12-9-8-10-13-19)26(36)31-20(14-15-23(29)33)27(37)38-28(4,5)6/h8-10,12-13,18,20-22H,14-17H2,1-6H3,(H2,29,33)(H,30,34)(H,31,36)(H,32,35)/t20-,21-,22-/m0/s1. The third kappa shape index (κ3) is 12.9. The molecule has 5 N–H and O–H groups in total. The molecule has 0 saturated carbocycles. The van der Waals surface area contributed by atoms with Gasteiger partial charge in [-0.2, -0.15) is 0 Å². The Kier molecular flexibility index (Phi) is 13.0. The average Bonchev–Trinajstić information content (AvgIpc) is 2.79. The topological polar surface area (TPSA) is 157 Å². The van der Waals surface area contributed by atoms with E-state index in [0.29, 0.717) is 6.42 Å². The molecule has 1 rings (SSSR count). The summed E-state index contributed by atoms with van der Waals surface area (Å²) < 4.78 is 5.41. The molecule has 0 radical (unpaired) electrons. The first-order valence-corrected chi connectivity index (χ1v) is 12.6. The SMILES string of the molecule is CC#CC(=O)N[C@@H](CC(C)C)C(=O)N[C@@H](Cc1ccccc1)C(=O)N[C@@H](CCC(N)=O)C(=O)OC(C)(C)C. The Balaban J connectivity index is 3.22. The van der Waals surface area contributed by atoms with E-state index in [0.717, 1.165) is 5.56 Å². The highest BCUT2D eigenvalue weighted by molar-refractivity contribution is 5.98. The fraction of sp³-hybridized carbons (Fsp3) is 0.536. The molecular formula is C28H40N4O6. The van der Waals surface area contributed by atoms with Crippen molar-refractivity contribution < 1.29 is 28.7 Å². The van der Waals surface area contributed by atoms with Gasteiger partial charge in [0.1, 0.15) is 23.7 Å². The fourth-order valence-electron chi connectivity index (χ4n) is 3.52. The van der Waals surface area contributed by atoms with Gasteiger partial charge < -0.3 is 26.4 Å². The van der Waals surface area contributed by atoms with Crippen molar-refractivity contribution in [1.82, 2.24) is 16.0 Å². The molecule has 0 saturated heterocycles. The van der Waals surface area contributed by atoms with Gasteiger partial charge >= 0.3 is 5.97 Å². The number of amides is 4. The van der Waals surface area contributed by atoms with Gasteiger partial charge in [0.15, 0.2) is 0 Å². The number of primary amides is 1. The lowest BCUT2D eigenvalue weighted by Gasteiger charge is -2.27. The van der Waals surface area contributed by atoms with Gasteiger partial charge in [0.25, 0.3) is 5.91 Å². The highest BCUT2D eigenvalue weighted by atomic mass is 16.6. The van der Waals surface area contributed by atoms with E-state index < -0.39 is 53.3 Å². The number of hydrogen-bond donors (Lipinski definition) is 4. The van der Waals surface area contributed by atoms with Crippen molar-refractivity contribution in [2.75, 3.05) is 0 Å². The van der Waals surface area contributed by atoms with Crippen LogP contribution in [-0.2, 0) is 35.1 Å². The Morgan fingerprint density at radius 1 is 0.921 bits per heavy atom. The second kappa shape index (κ2) is 15.4. The minimum Gasteiger partial charge on any atom is -0.458 e. The number of esters is 1. The zero-order chi connectivity index (χ0) is 28.9. The van der Waals surface area contributed by atoms with Gasteiger partial charge in [-0.3, -0.25) is 19.2 Å². The number of rotatable bonds is 13. The second-order valence-electron chi connectivity index (χ2n) is 10.4. The monoisotopic (exact) mass is 528 g/mol. The molecule has 1 aromatic carbocycles. The summed E-state index contributed by atoms with van der Waals surface area (Å²) in [6, 6.07) is 5.85. The summed E-state index contributed by atoms with van der Waals surface area (Å²) in [5.41, 5.74) is 5.19. The lowest BCUT2D eigenvalue weighted by atomic mass is 10.0. The van der Waals surface area contributed by atoms with Gasteiger partial charge in [-0.1, -0.05) is 50.1 Å². The predicted octanol–water partition coefficient (Wildman–Crippen LogP) is 1.36. The molecule has 10 heteroatoms. The van der Waals surface area contributed by atoms with Crippen LogP contribution in [0.4, 0.5) is 0 Å². The minimum atomic E-state index is -1.16. The third-order valence-electron chi connectivity index (χ3n) is 5.17. The summed E-state index contributed by atoms with van der Waals surface area (Å²) in [5, 5.41) is 7.93. The molecule has 4 amide bonds. The number of carbonyl (C=O) groups excluding carboxylic acids is 5. The molecule has 1 aromatic rings. The Bertz CT molecular complexity index is 1040. The normalized spacial score (nSPS) is 13.2. The molecule has 208 valence electrons. The molecule has 0 fully saturated rings.